The lowest BCUT2D eigenvalue weighted by atomic mass is 9.95. The average Bonchev–Trinajstić information content (AvgIpc) is 2.61. The van der Waals surface area contributed by atoms with E-state index < -0.39 is 36.0 Å². The molecule has 0 heterocycles. The number of hydrogen-bond donors (Lipinski definition) is 2. The highest BCUT2D eigenvalue weighted by Gasteiger charge is 2.21. The number of carbonyl (C=O) groups excluding carboxylic acids is 3. The lowest BCUT2D eigenvalue weighted by Crippen LogP contribution is -2.36. The van der Waals surface area contributed by atoms with Crippen molar-refractivity contribution in [2.24, 2.45) is 5.92 Å². The number of anilines is 1. The number of benzene rings is 1. The van der Waals surface area contributed by atoms with E-state index in [1.165, 1.54) is 6.07 Å². The smallest absolute Gasteiger partial charge is 0.309 e. The zero-order chi connectivity index (χ0) is 18.2. The van der Waals surface area contributed by atoms with Crippen molar-refractivity contribution in [1.82, 2.24) is 5.32 Å². The first kappa shape index (κ1) is 18.6. The fraction of sp³-hybridized carbons (Fsp3) is 0.353. The van der Waals surface area contributed by atoms with Gasteiger partial charge in [0, 0.05) is 11.8 Å². The summed E-state index contributed by atoms with van der Waals surface area (Å²) in [6.07, 6.45) is 5.97. The van der Waals surface area contributed by atoms with E-state index in [4.69, 9.17) is 4.74 Å². The second-order valence-electron chi connectivity index (χ2n) is 5.54. The first-order valence-corrected chi connectivity index (χ1v) is 7.79. The van der Waals surface area contributed by atoms with Crippen molar-refractivity contribution in [3.8, 4) is 0 Å². The summed E-state index contributed by atoms with van der Waals surface area (Å²) in [6, 6.07) is 2.90. The van der Waals surface area contributed by atoms with Gasteiger partial charge in [0.2, 0.25) is 5.91 Å². The molecular weight excluding hydrogens is 334 g/mol. The van der Waals surface area contributed by atoms with Crippen LogP contribution in [0, 0.1) is 17.6 Å². The van der Waals surface area contributed by atoms with E-state index in [-0.39, 0.29) is 18.2 Å². The maximum Gasteiger partial charge on any atom is 0.309 e. The van der Waals surface area contributed by atoms with Crippen LogP contribution < -0.4 is 10.6 Å². The molecule has 25 heavy (non-hydrogen) atoms. The van der Waals surface area contributed by atoms with Crippen molar-refractivity contribution < 1.29 is 27.9 Å². The van der Waals surface area contributed by atoms with Crippen LogP contribution in [0.3, 0.4) is 0 Å². The summed E-state index contributed by atoms with van der Waals surface area (Å²) in [6.45, 7) is -0.862. The van der Waals surface area contributed by atoms with E-state index in [1.807, 2.05) is 12.2 Å². The molecule has 134 valence electrons. The molecule has 1 aromatic rings. The molecule has 0 spiro atoms. The Morgan fingerprint density at radius 3 is 2.60 bits per heavy atom. The Morgan fingerprint density at radius 1 is 1.12 bits per heavy atom. The summed E-state index contributed by atoms with van der Waals surface area (Å²) in [5.41, 5.74) is 0.0647. The lowest BCUT2D eigenvalue weighted by Gasteiger charge is -2.16. The summed E-state index contributed by atoms with van der Waals surface area (Å²) in [7, 11) is 0. The van der Waals surface area contributed by atoms with Crippen molar-refractivity contribution >= 4 is 23.5 Å². The third-order valence-electron chi connectivity index (χ3n) is 3.60. The van der Waals surface area contributed by atoms with Gasteiger partial charge in [-0.1, -0.05) is 12.2 Å². The Morgan fingerprint density at radius 2 is 1.92 bits per heavy atom. The molecule has 2 amide bonds. The van der Waals surface area contributed by atoms with Crippen LogP contribution in [-0.2, 0) is 19.1 Å². The molecule has 1 aliphatic rings. The third kappa shape index (κ3) is 5.98. The van der Waals surface area contributed by atoms with Crippen LogP contribution in [0.4, 0.5) is 14.5 Å². The number of nitrogens with one attached hydrogen (secondary N) is 2. The molecule has 2 N–H and O–H groups in total. The molecule has 0 aromatic heterocycles. The number of carbonyl (C=O) groups is 3. The van der Waals surface area contributed by atoms with Gasteiger partial charge >= 0.3 is 5.97 Å². The molecule has 1 aromatic carbocycles. The van der Waals surface area contributed by atoms with E-state index in [2.05, 4.69) is 10.6 Å². The number of hydrogen-bond acceptors (Lipinski definition) is 4. The van der Waals surface area contributed by atoms with E-state index >= 15 is 0 Å². The first-order chi connectivity index (χ1) is 12.0. The molecule has 0 saturated carbocycles. The standard InChI is InChI=1S/C17H18F2N2O4/c18-13-7-6-12(8-14(13)19)21-15(22)9-20-16(23)10-25-17(24)11-4-2-1-3-5-11/h1-2,6-8,11H,3-5,9-10H2,(H,20,23)(H,21,22)/t11-/m0/s1. The Kier molecular flexibility index (Phi) is 6.62. The summed E-state index contributed by atoms with van der Waals surface area (Å²) in [5.74, 6) is -4.05. The zero-order valence-electron chi connectivity index (χ0n) is 13.4. The SMILES string of the molecule is O=C(COC(=O)[C@H]1CC=CCC1)NCC(=O)Nc1ccc(F)c(F)c1. The van der Waals surface area contributed by atoms with Crippen LogP contribution in [0.5, 0.6) is 0 Å². The van der Waals surface area contributed by atoms with Crippen LogP contribution in [0.1, 0.15) is 19.3 Å². The molecule has 1 atom stereocenters. The summed E-state index contributed by atoms with van der Waals surface area (Å²) in [4.78, 5) is 35.0. The van der Waals surface area contributed by atoms with Gasteiger partial charge in [0.05, 0.1) is 12.5 Å². The number of allylic oxidation sites excluding steroid dienone is 2. The van der Waals surface area contributed by atoms with E-state index in [0.29, 0.717) is 12.8 Å². The second-order valence-corrected chi connectivity index (χ2v) is 5.54. The maximum absolute atomic E-state index is 13.0. The fourth-order valence-electron chi connectivity index (χ4n) is 2.27. The van der Waals surface area contributed by atoms with Crippen LogP contribution in [0.15, 0.2) is 30.4 Å². The van der Waals surface area contributed by atoms with E-state index in [0.717, 1.165) is 18.6 Å². The van der Waals surface area contributed by atoms with Gasteiger partial charge in [0.15, 0.2) is 18.2 Å². The van der Waals surface area contributed by atoms with Crippen molar-refractivity contribution in [2.75, 3.05) is 18.5 Å². The highest BCUT2D eigenvalue weighted by Crippen LogP contribution is 2.19. The first-order valence-electron chi connectivity index (χ1n) is 7.79. The molecular formula is C17H18F2N2O4. The molecule has 1 aliphatic carbocycles. The van der Waals surface area contributed by atoms with Crippen LogP contribution >= 0.6 is 0 Å². The predicted molar refractivity (Wildman–Crippen MR) is 85.4 cm³/mol. The average molecular weight is 352 g/mol. The number of esters is 1. The molecule has 8 heteroatoms. The van der Waals surface area contributed by atoms with Crippen molar-refractivity contribution in [3.05, 3.63) is 42.0 Å². The van der Waals surface area contributed by atoms with Gasteiger partial charge in [0.1, 0.15) is 0 Å². The molecule has 0 aliphatic heterocycles. The highest BCUT2D eigenvalue weighted by atomic mass is 19.2. The highest BCUT2D eigenvalue weighted by molar-refractivity contribution is 5.94. The molecule has 0 bridgehead atoms. The Hall–Kier alpha value is -2.77. The van der Waals surface area contributed by atoms with Crippen molar-refractivity contribution in [2.45, 2.75) is 19.3 Å². The van der Waals surface area contributed by atoms with Crippen molar-refractivity contribution in [1.29, 1.82) is 0 Å². The maximum atomic E-state index is 13.0. The van der Waals surface area contributed by atoms with Gasteiger partial charge in [-0.15, -0.1) is 0 Å². The molecule has 6 nitrogen and oxygen atoms in total. The lowest BCUT2D eigenvalue weighted by molar-refractivity contribution is -0.152. The van der Waals surface area contributed by atoms with Gasteiger partial charge in [-0.3, -0.25) is 14.4 Å². The van der Waals surface area contributed by atoms with Crippen LogP contribution in [-0.4, -0.2) is 30.9 Å². The predicted octanol–water partition coefficient (Wildman–Crippen LogP) is 1.92. The van der Waals surface area contributed by atoms with E-state index in [1.54, 1.807) is 0 Å². The molecule has 2 rings (SSSR count). The van der Waals surface area contributed by atoms with Gasteiger partial charge in [0.25, 0.3) is 5.91 Å². The fourth-order valence-corrected chi connectivity index (χ4v) is 2.27. The van der Waals surface area contributed by atoms with Gasteiger partial charge < -0.3 is 15.4 Å². The number of amides is 2. The minimum absolute atomic E-state index is 0.0647. The monoisotopic (exact) mass is 352 g/mol. The Balaban J connectivity index is 1.68. The number of halogens is 2. The van der Waals surface area contributed by atoms with Crippen LogP contribution in [0.25, 0.3) is 0 Å². The van der Waals surface area contributed by atoms with Crippen LogP contribution in [0.2, 0.25) is 0 Å². The quantitative estimate of drug-likeness (QED) is 0.605. The van der Waals surface area contributed by atoms with Gasteiger partial charge in [-0.05, 0) is 31.4 Å². The third-order valence-corrected chi connectivity index (χ3v) is 3.60. The van der Waals surface area contributed by atoms with Gasteiger partial charge in [-0.25, -0.2) is 8.78 Å². The topological polar surface area (TPSA) is 84.5 Å². The largest absolute Gasteiger partial charge is 0.455 e. The van der Waals surface area contributed by atoms with E-state index in [9.17, 15) is 23.2 Å². The summed E-state index contributed by atoms with van der Waals surface area (Å²) < 4.78 is 30.7. The minimum atomic E-state index is -1.09. The number of rotatable bonds is 6. The van der Waals surface area contributed by atoms with Gasteiger partial charge in [-0.2, -0.15) is 0 Å². The number of ether oxygens (including phenoxy) is 1. The molecule has 0 fully saturated rings. The summed E-state index contributed by atoms with van der Waals surface area (Å²) >= 11 is 0. The molecule has 0 unspecified atom stereocenters. The second kappa shape index (κ2) is 8.91. The molecule has 0 radical (unpaired) electrons. The summed E-state index contributed by atoms with van der Waals surface area (Å²) in [5, 5.41) is 4.58. The molecule has 0 saturated heterocycles. The Bertz CT molecular complexity index is 691. The normalized spacial score (nSPS) is 16.2. The minimum Gasteiger partial charge on any atom is -0.455 e. The Labute approximate surface area is 143 Å². The van der Waals surface area contributed by atoms with Crippen molar-refractivity contribution in [3.63, 3.8) is 0 Å². The zero-order valence-corrected chi connectivity index (χ0v) is 13.4.